The van der Waals surface area contributed by atoms with Crippen molar-refractivity contribution < 1.29 is 9.59 Å². The molecule has 1 fully saturated rings. The summed E-state index contributed by atoms with van der Waals surface area (Å²) in [6, 6.07) is 15.6. The number of carbonyl (C=O) groups excluding carboxylic acids is 2. The maximum Gasteiger partial charge on any atom is 0.251 e. The summed E-state index contributed by atoms with van der Waals surface area (Å²) in [5.41, 5.74) is 3.85. The standard InChI is InChI=1S/C22H27N3O2/c1-17-9-3-5-11-19(17)22(27)23-15-21(26)24(2)16-18-10-4-6-12-20(18)25-13-7-8-14-25/h3-6,9-12H,7-8,13-16H2,1-2H3,(H,23,27). The quantitative estimate of drug-likeness (QED) is 0.856. The first-order valence-corrected chi connectivity index (χ1v) is 9.47. The van der Waals surface area contributed by atoms with Gasteiger partial charge in [0.1, 0.15) is 0 Å². The van der Waals surface area contributed by atoms with E-state index in [1.165, 1.54) is 18.5 Å². The Morgan fingerprint density at radius 3 is 2.44 bits per heavy atom. The first kappa shape index (κ1) is 19.0. The van der Waals surface area contributed by atoms with E-state index in [2.05, 4.69) is 22.3 Å². The first-order valence-electron chi connectivity index (χ1n) is 9.47. The smallest absolute Gasteiger partial charge is 0.251 e. The second-order valence-corrected chi connectivity index (χ2v) is 7.07. The van der Waals surface area contributed by atoms with E-state index in [4.69, 9.17) is 0 Å². The second kappa shape index (κ2) is 8.71. The fourth-order valence-corrected chi connectivity index (χ4v) is 3.47. The van der Waals surface area contributed by atoms with Gasteiger partial charge in [-0.15, -0.1) is 0 Å². The van der Waals surface area contributed by atoms with Crippen LogP contribution >= 0.6 is 0 Å². The molecule has 1 aliphatic rings. The molecule has 0 radical (unpaired) electrons. The van der Waals surface area contributed by atoms with E-state index in [9.17, 15) is 9.59 Å². The molecule has 0 bridgehead atoms. The molecule has 2 aromatic rings. The lowest BCUT2D eigenvalue weighted by Gasteiger charge is -2.24. The maximum absolute atomic E-state index is 12.5. The third kappa shape index (κ3) is 4.67. The van der Waals surface area contributed by atoms with Gasteiger partial charge in [0.05, 0.1) is 6.54 Å². The fourth-order valence-electron chi connectivity index (χ4n) is 3.47. The molecule has 0 unspecified atom stereocenters. The van der Waals surface area contributed by atoms with Gasteiger partial charge in [0, 0.05) is 37.9 Å². The van der Waals surface area contributed by atoms with E-state index < -0.39 is 0 Å². The maximum atomic E-state index is 12.5. The number of anilines is 1. The number of nitrogens with one attached hydrogen (secondary N) is 1. The molecule has 1 aliphatic heterocycles. The summed E-state index contributed by atoms with van der Waals surface area (Å²) in [6.45, 7) is 4.56. The van der Waals surface area contributed by atoms with Crippen molar-refractivity contribution >= 4 is 17.5 Å². The van der Waals surface area contributed by atoms with Crippen molar-refractivity contribution in [2.24, 2.45) is 0 Å². The Labute approximate surface area is 161 Å². The number of hydrogen-bond acceptors (Lipinski definition) is 3. The number of carbonyl (C=O) groups is 2. The molecule has 5 nitrogen and oxygen atoms in total. The fraction of sp³-hybridized carbons (Fsp3) is 0.364. The Kier molecular flexibility index (Phi) is 6.12. The minimum atomic E-state index is -0.215. The van der Waals surface area contributed by atoms with E-state index in [0.717, 1.165) is 24.2 Å². The van der Waals surface area contributed by atoms with Gasteiger partial charge >= 0.3 is 0 Å². The van der Waals surface area contributed by atoms with Crippen molar-refractivity contribution in [2.45, 2.75) is 26.3 Å². The molecule has 142 valence electrons. The van der Waals surface area contributed by atoms with Gasteiger partial charge in [0.25, 0.3) is 5.91 Å². The van der Waals surface area contributed by atoms with Crippen LogP contribution in [0.3, 0.4) is 0 Å². The Morgan fingerprint density at radius 1 is 1.04 bits per heavy atom. The minimum absolute atomic E-state index is 0.00442. The molecule has 0 aromatic heterocycles. The van der Waals surface area contributed by atoms with Crippen LogP contribution in [0.15, 0.2) is 48.5 Å². The lowest BCUT2D eigenvalue weighted by Crippen LogP contribution is -2.38. The number of amides is 2. The van der Waals surface area contributed by atoms with Gasteiger partial charge in [-0.1, -0.05) is 36.4 Å². The average molecular weight is 365 g/mol. The van der Waals surface area contributed by atoms with Gasteiger partial charge in [0.2, 0.25) is 5.91 Å². The topological polar surface area (TPSA) is 52.7 Å². The Balaban J connectivity index is 1.58. The summed E-state index contributed by atoms with van der Waals surface area (Å²) in [7, 11) is 1.78. The van der Waals surface area contributed by atoms with Crippen LogP contribution in [-0.2, 0) is 11.3 Å². The molecule has 0 aliphatic carbocycles. The number of rotatable bonds is 6. The highest BCUT2D eigenvalue weighted by Gasteiger charge is 2.18. The van der Waals surface area contributed by atoms with E-state index in [1.807, 2.05) is 37.3 Å². The normalized spacial score (nSPS) is 13.5. The van der Waals surface area contributed by atoms with Crippen molar-refractivity contribution in [1.29, 1.82) is 0 Å². The molecule has 5 heteroatoms. The molecule has 27 heavy (non-hydrogen) atoms. The van der Waals surface area contributed by atoms with Gasteiger partial charge in [-0.25, -0.2) is 0 Å². The van der Waals surface area contributed by atoms with Crippen molar-refractivity contribution in [3.63, 3.8) is 0 Å². The molecule has 1 heterocycles. The van der Waals surface area contributed by atoms with Gasteiger partial charge in [0.15, 0.2) is 0 Å². The molecule has 2 amide bonds. The molecule has 0 saturated carbocycles. The predicted molar refractivity (Wildman–Crippen MR) is 108 cm³/mol. The Bertz CT molecular complexity index is 813. The summed E-state index contributed by atoms with van der Waals surface area (Å²) in [4.78, 5) is 28.8. The van der Waals surface area contributed by atoms with E-state index in [0.29, 0.717) is 12.1 Å². The molecular weight excluding hydrogens is 338 g/mol. The number of likely N-dealkylation sites (N-methyl/N-ethyl adjacent to an activating group) is 1. The highest BCUT2D eigenvalue weighted by Crippen LogP contribution is 2.25. The third-order valence-corrected chi connectivity index (χ3v) is 5.06. The summed E-state index contributed by atoms with van der Waals surface area (Å²) in [5, 5.41) is 2.74. The van der Waals surface area contributed by atoms with Crippen LogP contribution in [0.1, 0.15) is 34.3 Å². The van der Waals surface area contributed by atoms with E-state index >= 15 is 0 Å². The van der Waals surface area contributed by atoms with Crippen LogP contribution in [0.25, 0.3) is 0 Å². The Morgan fingerprint density at radius 2 is 1.70 bits per heavy atom. The molecule has 0 atom stereocenters. The average Bonchev–Trinajstić information content (AvgIpc) is 3.21. The highest BCUT2D eigenvalue weighted by molar-refractivity contribution is 5.97. The van der Waals surface area contributed by atoms with Crippen LogP contribution in [0, 0.1) is 6.92 Å². The van der Waals surface area contributed by atoms with Crippen molar-refractivity contribution in [1.82, 2.24) is 10.2 Å². The number of aryl methyl sites for hydroxylation is 1. The van der Waals surface area contributed by atoms with Gasteiger partial charge < -0.3 is 15.1 Å². The zero-order valence-electron chi connectivity index (χ0n) is 16.1. The number of nitrogens with zero attached hydrogens (tertiary/aromatic N) is 2. The minimum Gasteiger partial charge on any atom is -0.371 e. The molecule has 1 saturated heterocycles. The predicted octanol–water partition coefficient (Wildman–Crippen LogP) is 2.98. The van der Waals surface area contributed by atoms with Crippen molar-refractivity contribution in [2.75, 3.05) is 31.6 Å². The van der Waals surface area contributed by atoms with E-state index in [-0.39, 0.29) is 18.4 Å². The van der Waals surface area contributed by atoms with Crippen molar-refractivity contribution in [3.05, 3.63) is 65.2 Å². The number of para-hydroxylation sites is 1. The first-order chi connectivity index (χ1) is 13.1. The van der Waals surface area contributed by atoms with E-state index in [1.54, 1.807) is 18.0 Å². The van der Waals surface area contributed by atoms with Crippen LogP contribution in [-0.4, -0.2) is 43.4 Å². The zero-order valence-corrected chi connectivity index (χ0v) is 16.1. The van der Waals surface area contributed by atoms with Gasteiger partial charge in [-0.2, -0.15) is 0 Å². The van der Waals surface area contributed by atoms with Gasteiger partial charge in [-0.05, 0) is 43.0 Å². The van der Waals surface area contributed by atoms with Gasteiger partial charge in [-0.3, -0.25) is 9.59 Å². The van der Waals surface area contributed by atoms with Crippen molar-refractivity contribution in [3.8, 4) is 0 Å². The summed E-state index contributed by atoms with van der Waals surface area (Å²) in [6.07, 6.45) is 2.43. The lowest BCUT2D eigenvalue weighted by atomic mass is 10.1. The monoisotopic (exact) mass is 365 g/mol. The Hall–Kier alpha value is -2.82. The molecule has 1 N–H and O–H groups in total. The summed E-state index contributed by atoms with van der Waals surface area (Å²) < 4.78 is 0. The molecule has 0 spiro atoms. The molecular formula is C22H27N3O2. The molecule has 3 rings (SSSR count). The SMILES string of the molecule is Cc1ccccc1C(=O)NCC(=O)N(C)Cc1ccccc1N1CCCC1. The molecule has 2 aromatic carbocycles. The van der Waals surface area contributed by atoms with Crippen LogP contribution < -0.4 is 10.2 Å². The number of hydrogen-bond donors (Lipinski definition) is 1. The summed E-state index contributed by atoms with van der Waals surface area (Å²) >= 11 is 0. The zero-order chi connectivity index (χ0) is 19.2. The van der Waals surface area contributed by atoms with Crippen LogP contribution in [0.4, 0.5) is 5.69 Å². The highest BCUT2D eigenvalue weighted by atomic mass is 16.2. The van der Waals surface area contributed by atoms with Crippen LogP contribution in [0.2, 0.25) is 0 Å². The largest absolute Gasteiger partial charge is 0.371 e. The second-order valence-electron chi connectivity index (χ2n) is 7.07. The van der Waals surface area contributed by atoms with Crippen LogP contribution in [0.5, 0.6) is 0 Å². The summed E-state index contributed by atoms with van der Waals surface area (Å²) in [5.74, 6) is -0.319. The number of benzene rings is 2. The third-order valence-electron chi connectivity index (χ3n) is 5.06. The lowest BCUT2D eigenvalue weighted by molar-refractivity contribution is -0.129.